The van der Waals surface area contributed by atoms with Crippen LogP contribution in [-0.4, -0.2) is 19.2 Å². The van der Waals surface area contributed by atoms with Gasteiger partial charge in [0.1, 0.15) is 6.61 Å². The van der Waals surface area contributed by atoms with E-state index in [4.69, 9.17) is 9.15 Å². The molecule has 3 heteroatoms. The van der Waals surface area contributed by atoms with Crippen LogP contribution in [0.4, 0.5) is 0 Å². The molecule has 1 rings (SSSR count). The number of hydrogen-bond acceptors (Lipinski definition) is 3. The standard InChI is InChI=1S/C9H15NO2/c1-3-10-8(2)7-12-9-5-4-6-11-9/h4-6,8,10H,3,7H2,1-2H3. The lowest BCUT2D eigenvalue weighted by Gasteiger charge is -2.11. The summed E-state index contributed by atoms with van der Waals surface area (Å²) in [4.78, 5) is 0. The molecule has 1 heterocycles. The maximum Gasteiger partial charge on any atom is 0.284 e. The van der Waals surface area contributed by atoms with Crippen molar-refractivity contribution in [2.45, 2.75) is 19.9 Å². The zero-order valence-corrected chi connectivity index (χ0v) is 7.54. The van der Waals surface area contributed by atoms with E-state index >= 15 is 0 Å². The Kier molecular flexibility index (Phi) is 3.67. The molecule has 0 aliphatic rings. The van der Waals surface area contributed by atoms with Crippen molar-refractivity contribution in [2.24, 2.45) is 0 Å². The second-order valence-corrected chi connectivity index (χ2v) is 2.70. The molecule has 0 saturated heterocycles. The minimum Gasteiger partial charge on any atom is -0.464 e. The lowest BCUT2D eigenvalue weighted by atomic mass is 10.4. The molecule has 0 aromatic carbocycles. The van der Waals surface area contributed by atoms with Gasteiger partial charge in [0.15, 0.2) is 0 Å². The summed E-state index contributed by atoms with van der Waals surface area (Å²) >= 11 is 0. The molecule has 0 bridgehead atoms. The number of nitrogens with one attached hydrogen (secondary N) is 1. The summed E-state index contributed by atoms with van der Waals surface area (Å²) in [5, 5.41) is 3.24. The number of hydrogen-bond donors (Lipinski definition) is 1. The Morgan fingerprint density at radius 3 is 3.08 bits per heavy atom. The van der Waals surface area contributed by atoms with Gasteiger partial charge < -0.3 is 14.5 Å². The van der Waals surface area contributed by atoms with Crippen LogP contribution in [0.1, 0.15) is 13.8 Å². The minimum absolute atomic E-state index is 0.361. The zero-order valence-electron chi connectivity index (χ0n) is 7.54. The fourth-order valence-electron chi connectivity index (χ4n) is 0.960. The van der Waals surface area contributed by atoms with Gasteiger partial charge in [0.2, 0.25) is 0 Å². The van der Waals surface area contributed by atoms with Gasteiger partial charge in [-0.1, -0.05) is 6.92 Å². The van der Waals surface area contributed by atoms with Gasteiger partial charge in [0.05, 0.1) is 6.26 Å². The van der Waals surface area contributed by atoms with Crippen LogP contribution in [0.15, 0.2) is 22.8 Å². The molecule has 68 valence electrons. The molecule has 1 aromatic rings. The van der Waals surface area contributed by atoms with Crippen LogP contribution < -0.4 is 10.1 Å². The summed E-state index contributed by atoms with van der Waals surface area (Å²) in [7, 11) is 0. The first-order chi connectivity index (χ1) is 5.83. The van der Waals surface area contributed by atoms with Crippen LogP contribution in [0.5, 0.6) is 5.95 Å². The average molecular weight is 169 g/mol. The number of likely N-dealkylation sites (N-methyl/N-ethyl adjacent to an activating group) is 1. The van der Waals surface area contributed by atoms with Crippen molar-refractivity contribution in [3.8, 4) is 5.95 Å². The lowest BCUT2D eigenvalue weighted by molar-refractivity contribution is 0.217. The van der Waals surface area contributed by atoms with Gasteiger partial charge in [-0.2, -0.15) is 0 Å². The van der Waals surface area contributed by atoms with E-state index < -0.39 is 0 Å². The van der Waals surface area contributed by atoms with Crippen LogP contribution in [0.3, 0.4) is 0 Å². The van der Waals surface area contributed by atoms with Gasteiger partial charge in [0.25, 0.3) is 5.95 Å². The summed E-state index contributed by atoms with van der Waals surface area (Å²) in [5.41, 5.74) is 0. The number of rotatable bonds is 5. The predicted octanol–water partition coefficient (Wildman–Crippen LogP) is 1.66. The Morgan fingerprint density at radius 1 is 1.67 bits per heavy atom. The zero-order chi connectivity index (χ0) is 8.81. The van der Waals surface area contributed by atoms with E-state index in [9.17, 15) is 0 Å². The molecule has 3 nitrogen and oxygen atoms in total. The predicted molar refractivity (Wildman–Crippen MR) is 47.3 cm³/mol. The molecule has 12 heavy (non-hydrogen) atoms. The molecular weight excluding hydrogens is 154 g/mol. The van der Waals surface area contributed by atoms with Crippen LogP contribution in [0.2, 0.25) is 0 Å². The van der Waals surface area contributed by atoms with Crippen molar-refractivity contribution in [3.05, 3.63) is 18.4 Å². The van der Waals surface area contributed by atoms with Crippen molar-refractivity contribution >= 4 is 0 Å². The Bertz CT molecular complexity index is 196. The fraction of sp³-hybridized carbons (Fsp3) is 0.556. The second-order valence-electron chi connectivity index (χ2n) is 2.70. The molecule has 1 aromatic heterocycles. The van der Waals surface area contributed by atoms with Crippen molar-refractivity contribution in [3.63, 3.8) is 0 Å². The third kappa shape index (κ3) is 2.96. The Morgan fingerprint density at radius 2 is 2.50 bits per heavy atom. The summed E-state index contributed by atoms with van der Waals surface area (Å²) in [6, 6.07) is 3.98. The third-order valence-electron chi connectivity index (χ3n) is 1.52. The van der Waals surface area contributed by atoms with E-state index in [1.807, 2.05) is 6.07 Å². The second kappa shape index (κ2) is 4.83. The quantitative estimate of drug-likeness (QED) is 0.727. The van der Waals surface area contributed by atoms with E-state index in [1.165, 1.54) is 0 Å². The first kappa shape index (κ1) is 9.13. The molecule has 1 unspecified atom stereocenters. The minimum atomic E-state index is 0.361. The highest BCUT2D eigenvalue weighted by molar-refractivity contribution is 5.03. The molecule has 0 saturated carbocycles. The molecular formula is C9H15NO2. The fourth-order valence-corrected chi connectivity index (χ4v) is 0.960. The summed E-state index contributed by atoms with van der Waals surface area (Å²) in [5.74, 6) is 0.583. The van der Waals surface area contributed by atoms with Gasteiger partial charge in [-0.25, -0.2) is 0 Å². The van der Waals surface area contributed by atoms with E-state index in [0.717, 1.165) is 6.54 Å². The smallest absolute Gasteiger partial charge is 0.284 e. The average Bonchev–Trinajstić information content (AvgIpc) is 2.53. The molecule has 0 spiro atoms. The van der Waals surface area contributed by atoms with Gasteiger partial charge in [-0.15, -0.1) is 0 Å². The first-order valence-electron chi connectivity index (χ1n) is 4.22. The van der Waals surface area contributed by atoms with Crippen LogP contribution in [0, 0.1) is 0 Å². The normalized spacial score (nSPS) is 12.8. The van der Waals surface area contributed by atoms with Crippen molar-refractivity contribution in [2.75, 3.05) is 13.2 Å². The first-order valence-corrected chi connectivity index (χ1v) is 4.22. The lowest BCUT2D eigenvalue weighted by Crippen LogP contribution is -2.31. The van der Waals surface area contributed by atoms with Crippen molar-refractivity contribution in [1.82, 2.24) is 5.32 Å². The van der Waals surface area contributed by atoms with Gasteiger partial charge in [-0.3, -0.25) is 0 Å². The molecule has 0 fully saturated rings. The van der Waals surface area contributed by atoms with Crippen molar-refractivity contribution < 1.29 is 9.15 Å². The van der Waals surface area contributed by atoms with E-state index in [0.29, 0.717) is 18.6 Å². The molecule has 1 atom stereocenters. The molecule has 0 aliphatic heterocycles. The Labute approximate surface area is 72.7 Å². The van der Waals surface area contributed by atoms with E-state index in [1.54, 1.807) is 12.3 Å². The Balaban J connectivity index is 2.17. The highest BCUT2D eigenvalue weighted by Gasteiger charge is 2.01. The van der Waals surface area contributed by atoms with Crippen LogP contribution >= 0.6 is 0 Å². The third-order valence-corrected chi connectivity index (χ3v) is 1.52. The Hall–Kier alpha value is -0.960. The maximum absolute atomic E-state index is 5.33. The molecule has 0 aliphatic carbocycles. The molecule has 1 N–H and O–H groups in total. The monoisotopic (exact) mass is 169 g/mol. The summed E-state index contributed by atoms with van der Waals surface area (Å²) < 4.78 is 10.3. The van der Waals surface area contributed by atoms with E-state index in [-0.39, 0.29) is 0 Å². The SMILES string of the molecule is CCNC(C)COc1ccco1. The van der Waals surface area contributed by atoms with Gasteiger partial charge >= 0.3 is 0 Å². The van der Waals surface area contributed by atoms with Crippen molar-refractivity contribution in [1.29, 1.82) is 0 Å². The maximum atomic E-state index is 5.33. The highest BCUT2D eigenvalue weighted by Crippen LogP contribution is 2.09. The summed E-state index contributed by atoms with van der Waals surface area (Å²) in [6.07, 6.45) is 1.60. The topological polar surface area (TPSA) is 34.4 Å². The largest absolute Gasteiger partial charge is 0.464 e. The summed E-state index contributed by atoms with van der Waals surface area (Å²) in [6.45, 7) is 5.75. The molecule has 0 radical (unpaired) electrons. The van der Waals surface area contributed by atoms with Crippen LogP contribution in [0.25, 0.3) is 0 Å². The number of furan rings is 1. The van der Waals surface area contributed by atoms with Crippen LogP contribution in [-0.2, 0) is 0 Å². The molecule has 0 amide bonds. The number of ether oxygens (including phenoxy) is 1. The van der Waals surface area contributed by atoms with Gasteiger partial charge in [0, 0.05) is 12.1 Å². The van der Waals surface area contributed by atoms with Gasteiger partial charge in [-0.05, 0) is 19.5 Å². The highest BCUT2D eigenvalue weighted by atomic mass is 16.6. The van der Waals surface area contributed by atoms with E-state index in [2.05, 4.69) is 19.2 Å².